The quantitative estimate of drug-likeness (QED) is 0.616. The van der Waals surface area contributed by atoms with Gasteiger partial charge in [-0.3, -0.25) is 14.4 Å². The van der Waals surface area contributed by atoms with E-state index in [-0.39, 0.29) is 24.7 Å². The lowest BCUT2D eigenvalue weighted by Gasteiger charge is -2.21. The van der Waals surface area contributed by atoms with E-state index in [4.69, 9.17) is 5.11 Å². The zero-order chi connectivity index (χ0) is 21.0. The van der Waals surface area contributed by atoms with Gasteiger partial charge >= 0.3 is 5.97 Å². The van der Waals surface area contributed by atoms with Gasteiger partial charge in [0, 0.05) is 17.0 Å². The molecule has 0 spiro atoms. The second kappa shape index (κ2) is 9.22. The molecular formula is C22H26N2O4S. The van der Waals surface area contributed by atoms with Crippen LogP contribution in [0.25, 0.3) is 0 Å². The molecule has 1 heterocycles. The van der Waals surface area contributed by atoms with E-state index in [0.29, 0.717) is 16.5 Å². The molecule has 1 aliphatic carbocycles. The maximum absolute atomic E-state index is 13.2. The van der Waals surface area contributed by atoms with E-state index in [1.54, 1.807) is 0 Å². The van der Waals surface area contributed by atoms with Gasteiger partial charge in [-0.2, -0.15) is 0 Å². The van der Waals surface area contributed by atoms with Crippen molar-refractivity contribution in [1.82, 2.24) is 0 Å². The van der Waals surface area contributed by atoms with Gasteiger partial charge in [0.1, 0.15) is 5.00 Å². The van der Waals surface area contributed by atoms with Crippen LogP contribution >= 0.6 is 11.3 Å². The Balaban J connectivity index is 1.89. The number of aliphatic carboxylic acids is 1. The van der Waals surface area contributed by atoms with Crippen LogP contribution < -0.4 is 10.6 Å². The van der Waals surface area contributed by atoms with Gasteiger partial charge in [-0.1, -0.05) is 31.5 Å². The fourth-order valence-corrected chi connectivity index (χ4v) is 5.01. The summed E-state index contributed by atoms with van der Waals surface area (Å²) in [5.41, 5.74) is 3.23. The highest BCUT2D eigenvalue weighted by Crippen LogP contribution is 2.41. The smallest absolute Gasteiger partial charge is 0.303 e. The Kier molecular flexibility index (Phi) is 6.69. The average Bonchev–Trinajstić information content (AvgIpc) is 3.04. The molecule has 0 saturated carbocycles. The third kappa shape index (κ3) is 5.03. The monoisotopic (exact) mass is 414 g/mol. The van der Waals surface area contributed by atoms with Gasteiger partial charge in [-0.05, 0) is 49.3 Å². The average molecular weight is 415 g/mol. The number of carboxylic acid groups (broad SMARTS) is 1. The van der Waals surface area contributed by atoms with Crippen LogP contribution in [0.15, 0.2) is 24.3 Å². The summed E-state index contributed by atoms with van der Waals surface area (Å²) in [5, 5.41) is 15.1. The Labute approximate surface area is 174 Å². The maximum Gasteiger partial charge on any atom is 0.303 e. The maximum atomic E-state index is 13.2. The predicted molar refractivity (Wildman–Crippen MR) is 115 cm³/mol. The van der Waals surface area contributed by atoms with Crippen molar-refractivity contribution >= 4 is 39.8 Å². The third-order valence-corrected chi connectivity index (χ3v) is 6.55. The topological polar surface area (TPSA) is 95.5 Å². The second-order valence-corrected chi connectivity index (χ2v) is 8.54. The summed E-state index contributed by atoms with van der Waals surface area (Å²) in [5.74, 6) is -1.05. The molecule has 1 aromatic carbocycles. The highest BCUT2D eigenvalue weighted by atomic mass is 32.1. The normalized spacial score (nSPS) is 15.4. The number of anilines is 2. The summed E-state index contributed by atoms with van der Waals surface area (Å²) < 4.78 is 0. The van der Waals surface area contributed by atoms with Crippen LogP contribution in [-0.2, 0) is 22.4 Å². The molecule has 7 heteroatoms. The number of benzene rings is 1. The number of carboxylic acids is 1. The van der Waals surface area contributed by atoms with E-state index in [1.165, 1.54) is 11.3 Å². The van der Waals surface area contributed by atoms with Gasteiger partial charge in [-0.15, -0.1) is 11.3 Å². The number of para-hydroxylation sites is 1. The van der Waals surface area contributed by atoms with Gasteiger partial charge in [-0.25, -0.2) is 0 Å². The molecule has 6 nitrogen and oxygen atoms in total. The molecule has 0 bridgehead atoms. The van der Waals surface area contributed by atoms with E-state index in [0.717, 1.165) is 47.4 Å². The first-order valence-electron chi connectivity index (χ1n) is 9.92. The minimum atomic E-state index is -1.02. The lowest BCUT2D eigenvalue weighted by atomic mass is 9.85. The van der Waals surface area contributed by atoms with Crippen LogP contribution in [0, 0.1) is 12.8 Å². The number of amides is 2. The van der Waals surface area contributed by atoms with E-state index in [9.17, 15) is 14.4 Å². The molecule has 3 rings (SSSR count). The van der Waals surface area contributed by atoms with Crippen LogP contribution in [-0.4, -0.2) is 22.9 Å². The first kappa shape index (κ1) is 21.0. The zero-order valence-corrected chi connectivity index (χ0v) is 17.5. The highest BCUT2D eigenvalue weighted by Gasteiger charge is 2.29. The minimum Gasteiger partial charge on any atom is -0.481 e. The molecule has 0 fully saturated rings. The van der Waals surface area contributed by atoms with Crippen molar-refractivity contribution in [3.63, 3.8) is 0 Å². The molecule has 2 amide bonds. The molecule has 1 aliphatic rings. The lowest BCUT2D eigenvalue weighted by molar-refractivity contribution is -0.138. The fraction of sp³-hybridized carbons (Fsp3) is 0.409. The van der Waals surface area contributed by atoms with E-state index in [2.05, 4.69) is 17.6 Å². The number of rotatable bonds is 7. The summed E-state index contributed by atoms with van der Waals surface area (Å²) in [7, 11) is 0. The molecule has 0 radical (unpaired) electrons. The third-order valence-electron chi connectivity index (χ3n) is 5.38. The molecule has 0 saturated heterocycles. The van der Waals surface area contributed by atoms with Crippen molar-refractivity contribution in [3.05, 3.63) is 45.8 Å². The molecule has 3 N–H and O–H groups in total. The first-order chi connectivity index (χ1) is 13.9. The van der Waals surface area contributed by atoms with Gasteiger partial charge in [0.25, 0.3) is 5.91 Å². The number of thiophene rings is 1. The fourth-order valence-electron chi connectivity index (χ4n) is 3.64. The predicted octanol–water partition coefficient (Wildman–Crippen LogP) is 4.63. The Morgan fingerprint density at radius 2 is 1.93 bits per heavy atom. The molecule has 154 valence electrons. The molecule has 1 aromatic heterocycles. The Hall–Kier alpha value is -2.67. The molecule has 1 atom stereocenters. The summed E-state index contributed by atoms with van der Waals surface area (Å²) in [6.07, 6.45) is 3.48. The Morgan fingerprint density at radius 1 is 1.17 bits per heavy atom. The van der Waals surface area contributed by atoms with Gasteiger partial charge in [0.05, 0.1) is 12.0 Å². The van der Waals surface area contributed by atoms with E-state index >= 15 is 0 Å². The zero-order valence-electron chi connectivity index (χ0n) is 16.7. The van der Waals surface area contributed by atoms with Crippen molar-refractivity contribution in [2.45, 2.75) is 52.4 Å². The standard InChI is InChI=1S/C22H26N2O4S/c1-3-14-8-9-15-17(12-14)29-22(24-18(25)10-11-19(26)27)20(15)21(28)23-16-7-5-4-6-13(16)2/h4-7,14H,3,8-12H2,1-2H3,(H,23,28)(H,24,25)(H,26,27). The first-order valence-corrected chi connectivity index (χ1v) is 10.7. The van der Waals surface area contributed by atoms with Gasteiger partial charge in [0.2, 0.25) is 5.91 Å². The number of aryl methyl sites for hydroxylation is 1. The minimum absolute atomic E-state index is 0.117. The van der Waals surface area contributed by atoms with Crippen molar-refractivity contribution in [1.29, 1.82) is 0 Å². The number of carbonyl (C=O) groups excluding carboxylic acids is 2. The summed E-state index contributed by atoms with van der Waals surface area (Å²) in [4.78, 5) is 37.3. The lowest BCUT2D eigenvalue weighted by Crippen LogP contribution is -2.20. The van der Waals surface area contributed by atoms with Crippen LogP contribution in [0.4, 0.5) is 10.7 Å². The molecular weight excluding hydrogens is 388 g/mol. The number of fused-ring (bicyclic) bond motifs is 1. The van der Waals surface area contributed by atoms with Gasteiger partial charge < -0.3 is 15.7 Å². The molecule has 0 aliphatic heterocycles. The highest BCUT2D eigenvalue weighted by molar-refractivity contribution is 7.17. The second-order valence-electron chi connectivity index (χ2n) is 7.44. The number of nitrogens with one attached hydrogen (secondary N) is 2. The molecule has 2 aromatic rings. The Bertz CT molecular complexity index is 935. The SMILES string of the molecule is CCC1CCc2c(sc(NC(=O)CCC(=O)O)c2C(=O)Nc2ccccc2C)C1. The van der Waals surface area contributed by atoms with Gasteiger partial charge in [0.15, 0.2) is 0 Å². The summed E-state index contributed by atoms with van der Waals surface area (Å²) in [6, 6.07) is 7.56. The van der Waals surface area contributed by atoms with Crippen LogP contribution in [0.5, 0.6) is 0 Å². The molecule has 29 heavy (non-hydrogen) atoms. The summed E-state index contributed by atoms with van der Waals surface area (Å²) in [6.45, 7) is 4.10. The van der Waals surface area contributed by atoms with Crippen molar-refractivity contribution in [2.75, 3.05) is 10.6 Å². The van der Waals surface area contributed by atoms with Crippen molar-refractivity contribution in [3.8, 4) is 0 Å². The largest absolute Gasteiger partial charge is 0.481 e. The summed E-state index contributed by atoms with van der Waals surface area (Å²) >= 11 is 1.45. The number of hydrogen-bond donors (Lipinski definition) is 3. The van der Waals surface area contributed by atoms with E-state index in [1.807, 2.05) is 31.2 Å². The van der Waals surface area contributed by atoms with Crippen LogP contribution in [0.1, 0.15) is 59.0 Å². The van der Waals surface area contributed by atoms with Crippen molar-refractivity contribution in [2.24, 2.45) is 5.92 Å². The molecule has 1 unspecified atom stereocenters. The Morgan fingerprint density at radius 3 is 2.62 bits per heavy atom. The number of hydrogen-bond acceptors (Lipinski definition) is 4. The van der Waals surface area contributed by atoms with E-state index < -0.39 is 5.97 Å². The van der Waals surface area contributed by atoms with Crippen LogP contribution in [0.2, 0.25) is 0 Å². The number of carbonyl (C=O) groups is 3. The van der Waals surface area contributed by atoms with Crippen LogP contribution in [0.3, 0.4) is 0 Å². The van der Waals surface area contributed by atoms with Crippen molar-refractivity contribution < 1.29 is 19.5 Å².